The Labute approximate surface area is 182 Å². The first-order valence-corrected chi connectivity index (χ1v) is 9.92. The number of nitrogens with one attached hydrogen (secondary N) is 1. The van der Waals surface area contributed by atoms with Gasteiger partial charge in [0.05, 0.1) is 5.02 Å². The fourth-order valence-electron chi connectivity index (χ4n) is 2.59. The SMILES string of the molecule is CN(C(=O)c1ccc(NC(=O)COc2ccc(Br)cc2Cl)cc1)c1ccccc1. The van der Waals surface area contributed by atoms with Crippen molar-refractivity contribution in [1.82, 2.24) is 0 Å². The molecule has 0 saturated heterocycles. The van der Waals surface area contributed by atoms with Crippen LogP contribution in [0.2, 0.25) is 5.02 Å². The number of benzene rings is 3. The molecule has 1 N–H and O–H groups in total. The maximum absolute atomic E-state index is 12.6. The molecule has 0 aliphatic rings. The lowest BCUT2D eigenvalue weighted by Crippen LogP contribution is -2.26. The number of carbonyl (C=O) groups excluding carboxylic acids is 2. The van der Waals surface area contributed by atoms with Crippen LogP contribution < -0.4 is 15.0 Å². The Bertz CT molecular complexity index is 1010. The lowest BCUT2D eigenvalue weighted by molar-refractivity contribution is -0.118. The first kappa shape index (κ1) is 20.9. The monoisotopic (exact) mass is 472 g/mol. The molecule has 3 aromatic rings. The molecule has 0 aromatic heterocycles. The van der Waals surface area contributed by atoms with Crippen molar-refractivity contribution in [3.05, 3.63) is 87.9 Å². The predicted octanol–water partition coefficient (Wildman–Crippen LogP) is 5.40. The van der Waals surface area contributed by atoms with E-state index >= 15 is 0 Å². The van der Waals surface area contributed by atoms with E-state index in [4.69, 9.17) is 16.3 Å². The van der Waals surface area contributed by atoms with Gasteiger partial charge < -0.3 is 15.0 Å². The van der Waals surface area contributed by atoms with Gasteiger partial charge in [-0.15, -0.1) is 0 Å². The van der Waals surface area contributed by atoms with Gasteiger partial charge in [-0.1, -0.05) is 45.7 Å². The second-order valence-electron chi connectivity index (χ2n) is 6.19. The van der Waals surface area contributed by atoms with Crippen LogP contribution in [0.4, 0.5) is 11.4 Å². The number of amides is 2. The van der Waals surface area contributed by atoms with E-state index < -0.39 is 0 Å². The zero-order chi connectivity index (χ0) is 20.8. The number of hydrogen-bond donors (Lipinski definition) is 1. The quantitative estimate of drug-likeness (QED) is 0.522. The number of ether oxygens (including phenoxy) is 1. The van der Waals surface area contributed by atoms with Gasteiger partial charge in [-0.25, -0.2) is 0 Å². The fraction of sp³-hybridized carbons (Fsp3) is 0.0909. The molecular weight excluding hydrogens is 456 g/mol. The molecule has 148 valence electrons. The van der Waals surface area contributed by atoms with Crippen molar-refractivity contribution < 1.29 is 14.3 Å². The Kier molecular flexibility index (Phi) is 6.90. The van der Waals surface area contributed by atoms with Crippen molar-refractivity contribution >= 4 is 50.7 Å². The summed E-state index contributed by atoms with van der Waals surface area (Å²) in [5, 5.41) is 3.14. The smallest absolute Gasteiger partial charge is 0.262 e. The Morgan fingerprint density at radius 2 is 1.72 bits per heavy atom. The number of hydrogen-bond acceptors (Lipinski definition) is 3. The Balaban J connectivity index is 1.57. The summed E-state index contributed by atoms with van der Waals surface area (Å²) in [6.07, 6.45) is 0. The molecule has 0 unspecified atom stereocenters. The maximum Gasteiger partial charge on any atom is 0.262 e. The zero-order valence-electron chi connectivity index (χ0n) is 15.6. The van der Waals surface area contributed by atoms with Gasteiger partial charge in [-0.05, 0) is 54.6 Å². The molecular formula is C22H18BrClN2O3. The molecule has 0 bridgehead atoms. The summed E-state index contributed by atoms with van der Waals surface area (Å²) in [7, 11) is 1.72. The summed E-state index contributed by atoms with van der Waals surface area (Å²) in [5.74, 6) is -0.0401. The lowest BCUT2D eigenvalue weighted by Gasteiger charge is -2.17. The van der Waals surface area contributed by atoms with Crippen LogP contribution in [0, 0.1) is 0 Å². The first-order chi connectivity index (χ1) is 13.9. The number of carbonyl (C=O) groups is 2. The van der Waals surface area contributed by atoms with Gasteiger partial charge in [0.25, 0.3) is 11.8 Å². The van der Waals surface area contributed by atoms with E-state index in [-0.39, 0.29) is 18.4 Å². The topological polar surface area (TPSA) is 58.6 Å². The van der Waals surface area contributed by atoms with Gasteiger partial charge in [0, 0.05) is 28.5 Å². The summed E-state index contributed by atoms with van der Waals surface area (Å²) >= 11 is 9.38. The van der Waals surface area contributed by atoms with Gasteiger partial charge in [0.2, 0.25) is 0 Å². The highest BCUT2D eigenvalue weighted by atomic mass is 79.9. The molecule has 0 atom stereocenters. The van der Waals surface area contributed by atoms with E-state index in [0.29, 0.717) is 22.0 Å². The summed E-state index contributed by atoms with van der Waals surface area (Å²) in [5.41, 5.74) is 1.89. The number of halogens is 2. The molecule has 0 heterocycles. The third kappa shape index (κ3) is 5.59. The second kappa shape index (κ2) is 9.58. The maximum atomic E-state index is 12.6. The number of nitrogens with zero attached hydrogens (tertiary/aromatic N) is 1. The van der Waals surface area contributed by atoms with Crippen molar-refractivity contribution in [2.24, 2.45) is 0 Å². The molecule has 0 aliphatic heterocycles. The van der Waals surface area contributed by atoms with Crippen LogP contribution in [0.5, 0.6) is 5.75 Å². The molecule has 5 nitrogen and oxygen atoms in total. The molecule has 0 saturated carbocycles. The highest BCUT2D eigenvalue weighted by Crippen LogP contribution is 2.27. The third-order valence-corrected chi connectivity index (χ3v) is 4.91. The van der Waals surface area contributed by atoms with E-state index in [0.717, 1.165) is 10.2 Å². The van der Waals surface area contributed by atoms with Crippen molar-refractivity contribution in [3.63, 3.8) is 0 Å². The van der Waals surface area contributed by atoms with Gasteiger partial charge >= 0.3 is 0 Å². The van der Waals surface area contributed by atoms with Crippen LogP contribution in [-0.4, -0.2) is 25.5 Å². The Morgan fingerprint density at radius 1 is 1.03 bits per heavy atom. The van der Waals surface area contributed by atoms with Gasteiger partial charge in [0.15, 0.2) is 6.61 Å². The predicted molar refractivity (Wildman–Crippen MR) is 119 cm³/mol. The van der Waals surface area contributed by atoms with Crippen LogP contribution in [0.15, 0.2) is 77.3 Å². The minimum atomic E-state index is -0.329. The Morgan fingerprint density at radius 3 is 2.38 bits per heavy atom. The molecule has 2 amide bonds. The molecule has 0 fully saturated rings. The van der Waals surface area contributed by atoms with Crippen molar-refractivity contribution in [3.8, 4) is 5.75 Å². The van der Waals surface area contributed by atoms with Crippen LogP contribution >= 0.6 is 27.5 Å². The van der Waals surface area contributed by atoms with Crippen molar-refractivity contribution in [2.75, 3.05) is 23.9 Å². The highest BCUT2D eigenvalue weighted by molar-refractivity contribution is 9.10. The largest absolute Gasteiger partial charge is 0.482 e. The van der Waals surface area contributed by atoms with E-state index in [1.807, 2.05) is 30.3 Å². The summed E-state index contributed by atoms with van der Waals surface area (Å²) in [6.45, 7) is -0.182. The van der Waals surface area contributed by atoms with Gasteiger partial charge in [0.1, 0.15) is 5.75 Å². The number of rotatable bonds is 6. The number of anilines is 2. The first-order valence-electron chi connectivity index (χ1n) is 8.75. The van der Waals surface area contributed by atoms with E-state index in [1.165, 1.54) is 0 Å². The van der Waals surface area contributed by atoms with Crippen LogP contribution in [-0.2, 0) is 4.79 Å². The van der Waals surface area contributed by atoms with Crippen LogP contribution in [0.3, 0.4) is 0 Å². The Hall–Kier alpha value is -2.83. The molecule has 0 spiro atoms. The molecule has 0 aliphatic carbocycles. The molecule has 7 heteroatoms. The summed E-state index contributed by atoms with van der Waals surface area (Å²) in [4.78, 5) is 26.3. The fourth-order valence-corrected chi connectivity index (χ4v) is 3.32. The highest BCUT2D eigenvalue weighted by Gasteiger charge is 2.13. The normalized spacial score (nSPS) is 10.3. The number of para-hydroxylation sites is 1. The van der Waals surface area contributed by atoms with E-state index in [2.05, 4.69) is 21.2 Å². The standard InChI is InChI=1S/C22H18BrClN2O3/c1-26(18-5-3-2-4-6-18)22(28)15-7-10-17(11-8-15)25-21(27)14-29-20-12-9-16(23)13-19(20)24/h2-13H,14H2,1H3,(H,25,27). The van der Waals surface area contributed by atoms with Gasteiger partial charge in [-0.3, -0.25) is 9.59 Å². The summed E-state index contributed by atoms with van der Waals surface area (Å²) < 4.78 is 6.27. The summed E-state index contributed by atoms with van der Waals surface area (Å²) in [6, 6.07) is 21.2. The average Bonchev–Trinajstić information content (AvgIpc) is 2.73. The van der Waals surface area contributed by atoms with Crippen LogP contribution in [0.25, 0.3) is 0 Å². The lowest BCUT2D eigenvalue weighted by atomic mass is 10.1. The minimum Gasteiger partial charge on any atom is -0.482 e. The van der Waals surface area contributed by atoms with Gasteiger partial charge in [-0.2, -0.15) is 0 Å². The minimum absolute atomic E-state index is 0.137. The third-order valence-electron chi connectivity index (χ3n) is 4.12. The second-order valence-corrected chi connectivity index (χ2v) is 7.51. The molecule has 0 radical (unpaired) electrons. The molecule has 3 rings (SSSR count). The van der Waals surface area contributed by atoms with Crippen molar-refractivity contribution in [2.45, 2.75) is 0 Å². The van der Waals surface area contributed by atoms with Crippen LogP contribution in [0.1, 0.15) is 10.4 Å². The molecule has 3 aromatic carbocycles. The van der Waals surface area contributed by atoms with E-state index in [1.54, 1.807) is 54.4 Å². The zero-order valence-corrected chi connectivity index (χ0v) is 17.9. The average molecular weight is 474 g/mol. The molecule has 29 heavy (non-hydrogen) atoms. The van der Waals surface area contributed by atoms with E-state index in [9.17, 15) is 9.59 Å². The van der Waals surface area contributed by atoms with Crippen molar-refractivity contribution in [1.29, 1.82) is 0 Å².